The molecule has 230 valence electrons. The van der Waals surface area contributed by atoms with E-state index < -0.39 is 10.4 Å². The molecule has 1 atom stereocenters. The minimum absolute atomic E-state index is 0. The van der Waals surface area contributed by atoms with Crippen LogP contribution in [0.1, 0.15) is 200 Å². The summed E-state index contributed by atoms with van der Waals surface area (Å²) in [4.78, 5) is 0. The second kappa shape index (κ2) is 33.4. The Morgan fingerprint density at radius 2 is 0.692 bits per heavy atom. The second-order valence-corrected chi connectivity index (χ2v) is 13.0. The SMILES string of the molecule is CCCCCCCCCCCCCCCCCCCCC(CCCCCCCCCCC)COS(=O)(=O)[O-].[Na+]. The van der Waals surface area contributed by atoms with E-state index in [1.54, 1.807) is 0 Å². The van der Waals surface area contributed by atoms with E-state index in [1.165, 1.54) is 161 Å². The molecule has 6 heteroatoms. The summed E-state index contributed by atoms with van der Waals surface area (Å²) in [5.74, 6) is 0.198. The summed E-state index contributed by atoms with van der Waals surface area (Å²) in [6.07, 6.45) is 38.1. The summed E-state index contributed by atoms with van der Waals surface area (Å²) in [7, 11) is -4.58. The smallest absolute Gasteiger partial charge is 0.726 e. The van der Waals surface area contributed by atoms with Crippen molar-refractivity contribution >= 4 is 10.4 Å². The third-order valence-electron chi connectivity index (χ3n) is 8.13. The van der Waals surface area contributed by atoms with E-state index in [2.05, 4.69) is 18.0 Å². The molecule has 0 aromatic carbocycles. The molecule has 39 heavy (non-hydrogen) atoms. The van der Waals surface area contributed by atoms with E-state index in [4.69, 9.17) is 0 Å². The van der Waals surface area contributed by atoms with Gasteiger partial charge >= 0.3 is 29.6 Å². The summed E-state index contributed by atoms with van der Waals surface area (Å²) < 4.78 is 37.4. The Hall–Kier alpha value is 0.870. The molecule has 0 aromatic heterocycles. The van der Waals surface area contributed by atoms with Crippen LogP contribution in [0.2, 0.25) is 0 Å². The summed E-state index contributed by atoms with van der Waals surface area (Å²) in [6.45, 7) is 4.60. The van der Waals surface area contributed by atoms with Crippen molar-refractivity contribution in [2.24, 2.45) is 5.92 Å². The van der Waals surface area contributed by atoms with Crippen molar-refractivity contribution in [3.05, 3.63) is 0 Å². The maximum Gasteiger partial charge on any atom is 1.00 e. The molecule has 0 bridgehead atoms. The average molecular weight is 583 g/mol. The molecular weight excluding hydrogens is 515 g/mol. The standard InChI is InChI=1S/C33H68O4S.Na/c1-3-5-7-9-11-13-14-15-16-17-18-19-20-21-23-25-27-29-31-33(32-37-38(34,35)36)30-28-26-24-22-12-10-8-6-4-2;/h33H,3-32H2,1-2H3,(H,34,35,36);/q;+1/p-1. The van der Waals surface area contributed by atoms with Crippen molar-refractivity contribution in [3.63, 3.8) is 0 Å². The van der Waals surface area contributed by atoms with Gasteiger partial charge in [0.05, 0.1) is 6.61 Å². The summed E-state index contributed by atoms with van der Waals surface area (Å²) in [5, 5.41) is 0. The Morgan fingerprint density at radius 3 is 0.923 bits per heavy atom. The number of rotatable bonds is 32. The number of unbranched alkanes of at least 4 members (excludes halogenated alkanes) is 25. The van der Waals surface area contributed by atoms with Crippen LogP contribution in [-0.4, -0.2) is 19.6 Å². The molecule has 0 aliphatic heterocycles. The van der Waals surface area contributed by atoms with Gasteiger partial charge in [-0.3, -0.25) is 4.18 Å². The molecule has 0 saturated heterocycles. The van der Waals surface area contributed by atoms with Crippen molar-refractivity contribution in [2.75, 3.05) is 6.61 Å². The first-order valence-corrected chi connectivity index (χ1v) is 18.4. The van der Waals surface area contributed by atoms with E-state index in [9.17, 15) is 13.0 Å². The van der Waals surface area contributed by atoms with E-state index in [0.717, 1.165) is 25.7 Å². The molecule has 1 unspecified atom stereocenters. The fourth-order valence-corrected chi connectivity index (χ4v) is 5.93. The molecule has 0 heterocycles. The third-order valence-corrected chi connectivity index (χ3v) is 8.55. The Labute approximate surface area is 268 Å². The first kappa shape index (κ1) is 42.0. The third kappa shape index (κ3) is 36.8. The Morgan fingerprint density at radius 1 is 0.462 bits per heavy atom. The van der Waals surface area contributed by atoms with Crippen LogP contribution in [0, 0.1) is 5.92 Å². The van der Waals surface area contributed by atoms with Crippen LogP contribution >= 0.6 is 0 Å². The van der Waals surface area contributed by atoms with E-state index in [0.29, 0.717) is 0 Å². The molecule has 0 aromatic rings. The molecule has 0 aliphatic carbocycles. The topological polar surface area (TPSA) is 66.4 Å². The van der Waals surface area contributed by atoms with Gasteiger partial charge in [-0.2, -0.15) is 0 Å². The van der Waals surface area contributed by atoms with E-state index in [-0.39, 0.29) is 42.1 Å². The second-order valence-electron chi connectivity index (χ2n) is 12.0. The zero-order chi connectivity index (χ0) is 28.0. The molecule has 0 rings (SSSR count). The van der Waals surface area contributed by atoms with Crippen LogP contribution in [0.3, 0.4) is 0 Å². The van der Waals surface area contributed by atoms with Gasteiger partial charge in [-0.05, 0) is 18.8 Å². The van der Waals surface area contributed by atoms with Crippen molar-refractivity contribution < 1.29 is 46.7 Å². The van der Waals surface area contributed by atoms with Gasteiger partial charge in [0.25, 0.3) is 0 Å². The molecule has 0 spiro atoms. The van der Waals surface area contributed by atoms with Crippen LogP contribution in [0.25, 0.3) is 0 Å². The van der Waals surface area contributed by atoms with E-state index in [1.807, 2.05) is 0 Å². The van der Waals surface area contributed by atoms with Gasteiger partial charge in [0.1, 0.15) is 0 Å². The minimum Gasteiger partial charge on any atom is -0.726 e. The quantitative estimate of drug-likeness (QED) is 0.0345. The monoisotopic (exact) mass is 582 g/mol. The van der Waals surface area contributed by atoms with Crippen molar-refractivity contribution in [1.29, 1.82) is 0 Å². The molecule has 4 nitrogen and oxygen atoms in total. The summed E-state index contributed by atoms with van der Waals surface area (Å²) in [5.41, 5.74) is 0. The molecule has 0 fully saturated rings. The van der Waals surface area contributed by atoms with Gasteiger partial charge in [0, 0.05) is 0 Å². The van der Waals surface area contributed by atoms with Gasteiger partial charge in [-0.1, -0.05) is 187 Å². The molecule has 0 N–H and O–H groups in total. The van der Waals surface area contributed by atoms with Gasteiger partial charge in [0.15, 0.2) is 0 Å². The van der Waals surface area contributed by atoms with Crippen LogP contribution in [-0.2, 0) is 14.6 Å². The summed E-state index contributed by atoms with van der Waals surface area (Å²) >= 11 is 0. The first-order valence-electron chi connectivity index (χ1n) is 17.1. The maximum atomic E-state index is 10.9. The molecule has 0 aliphatic rings. The van der Waals surface area contributed by atoms with Crippen LogP contribution < -0.4 is 29.6 Å². The van der Waals surface area contributed by atoms with Crippen molar-refractivity contribution in [2.45, 2.75) is 200 Å². The van der Waals surface area contributed by atoms with Gasteiger partial charge in [-0.15, -0.1) is 0 Å². The zero-order valence-corrected chi connectivity index (χ0v) is 29.6. The number of hydrogen-bond acceptors (Lipinski definition) is 4. The van der Waals surface area contributed by atoms with Gasteiger partial charge in [0.2, 0.25) is 10.4 Å². The van der Waals surface area contributed by atoms with Gasteiger partial charge < -0.3 is 4.55 Å². The Kier molecular flexibility index (Phi) is 35.9. The molecule has 0 saturated carbocycles. The van der Waals surface area contributed by atoms with Crippen molar-refractivity contribution in [3.8, 4) is 0 Å². The van der Waals surface area contributed by atoms with Crippen LogP contribution in [0.15, 0.2) is 0 Å². The molecular formula is C33H67NaO4S. The summed E-state index contributed by atoms with van der Waals surface area (Å²) in [6, 6.07) is 0. The van der Waals surface area contributed by atoms with Crippen molar-refractivity contribution in [1.82, 2.24) is 0 Å². The first-order chi connectivity index (χ1) is 18.5. The predicted octanol–water partition coefficient (Wildman–Crippen LogP) is 8.44. The fraction of sp³-hybridized carbons (Fsp3) is 1.00. The molecule has 0 amide bonds. The largest absolute Gasteiger partial charge is 1.00 e. The predicted molar refractivity (Wildman–Crippen MR) is 164 cm³/mol. The number of hydrogen-bond donors (Lipinski definition) is 0. The average Bonchev–Trinajstić information content (AvgIpc) is 2.89. The van der Waals surface area contributed by atoms with E-state index >= 15 is 0 Å². The maximum absolute atomic E-state index is 10.9. The minimum atomic E-state index is -4.58. The zero-order valence-electron chi connectivity index (χ0n) is 26.8. The Bertz CT molecular complexity index is 556. The fourth-order valence-electron chi connectivity index (χ4n) is 5.57. The Balaban J connectivity index is 0. The molecule has 0 radical (unpaired) electrons. The van der Waals surface area contributed by atoms with Gasteiger partial charge in [-0.25, -0.2) is 8.42 Å². The normalized spacial score (nSPS) is 12.5. The van der Waals surface area contributed by atoms with Crippen LogP contribution in [0.4, 0.5) is 0 Å². The van der Waals surface area contributed by atoms with Crippen LogP contribution in [0.5, 0.6) is 0 Å².